The summed E-state index contributed by atoms with van der Waals surface area (Å²) in [6.07, 6.45) is 3.01. The highest BCUT2D eigenvalue weighted by atomic mass is 16.6. The van der Waals surface area contributed by atoms with Crippen molar-refractivity contribution in [2.45, 2.75) is 26.2 Å². The fourth-order valence-electron chi connectivity index (χ4n) is 1.48. The van der Waals surface area contributed by atoms with Crippen LogP contribution in [0.25, 0.3) is 0 Å². The minimum atomic E-state index is -0.496. The average Bonchev–Trinajstić information content (AvgIpc) is 2.33. The van der Waals surface area contributed by atoms with Crippen LogP contribution in [0, 0.1) is 10.1 Å². The van der Waals surface area contributed by atoms with Crippen molar-refractivity contribution >= 4 is 11.4 Å². The van der Waals surface area contributed by atoms with E-state index in [9.17, 15) is 10.1 Å². The van der Waals surface area contributed by atoms with E-state index in [1.165, 1.54) is 6.07 Å². The molecule has 0 radical (unpaired) electrons. The predicted octanol–water partition coefficient (Wildman–Crippen LogP) is 2.45. The molecule has 17 heavy (non-hydrogen) atoms. The number of nitro groups is 1. The zero-order valence-corrected chi connectivity index (χ0v) is 9.81. The number of hydrazine groups is 1. The molecule has 0 heterocycles. The van der Waals surface area contributed by atoms with Crippen molar-refractivity contribution in [1.29, 1.82) is 0 Å². The minimum Gasteiger partial charge on any atom is -0.487 e. The van der Waals surface area contributed by atoms with Gasteiger partial charge in [-0.2, -0.15) is 0 Å². The van der Waals surface area contributed by atoms with Gasteiger partial charge in [-0.3, -0.25) is 16.0 Å². The number of unbranched alkanes of at least 4 members (excludes halogenated alkanes) is 2. The largest absolute Gasteiger partial charge is 0.487 e. The number of benzene rings is 1. The lowest BCUT2D eigenvalue weighted by molar-refractivity contribution is -0.385. The summed E-state index contributed by atoms with van der Waals surface area (Å²) >= 11 is 0. The lowest BCUT2D eigenvalue weighted by Gasteiger charge is -2.08. The molecule has 1 rings (SSSR count). The first-order valence-corrected chi connectivity index (χ1v) is 5.57. The van der Waals surface area contributed by atoms with Gasteiger partial charge in [0.1, 0.15) is 5.69 Å². The quantitative estimate of drug-likeness (QED) is 0.330. The molecule has 0 bridgehead atoms. The predicted molar refractivity (Wildman–Crippen MR) is 65.9 cm³/mol. The van der Waals surface area contributed by atoms with Gasteiger partial charge in [-0.1, -0.05) is 25.8 Å². The molecular weight excluding hydrogens is 222 g/mol. The van der Waals surface area contributed by atoms with Crippen molar-refractivity contribution in [2.24, 2.45) is 5.84 Å². The summed E-state index contributed by atoms with van der Waals surface area (Å²) in [4.78, 5) is 10.4. The fraction of sp³-hybridized carbons (Fsp3) is 0.455. The van der Waals surface area contributed by atoms with Gasteiger partial charge in [0.2, 0.25) is 0 Å². The van der Waals surface area contributed by atoms with Gasteiger partial charge in [-0.25, -0.2) is 0 Å². The third kappa shape index (κ3) is 3.60. The molecule has 0 saturated heterocycles. The van der Waals surface area contributed by atoms with Crippen LogP contribution in [0.2, 0.25) is 0 Å². The van der Waals surface area contributed by atoms with Gasteiger partial charge in [0.15, 0.2) is 5.75 Å². The first-order valence-electron chi connectivity index (χ1n) is 5.57. The Labute approximate surface area is 99.9 Å². The lowest BCUT2D eigenvalue weighted by atomic mass is 10.2. The molecule has 0 saturated carbocycles. The number of nitrogens with one attached hydrogen (secondary N) is 1. The SMILES string of the molecule is CCCCCOc1cccc(NN)c1[N+](=O)[O-]. The Morgan fingerprint density at radius 3 is 2.82 bits per heavy atom. The second-order valence-corrected chi connectivity index (χ2v) is 3.61. The van der Waals surface area contributed by atoms with Crippen LogP contribution in [-0.2, 0) is 0 Å². The first-order chi connectivity index (χ1) is 8.20. The van der Waals surface area contributed by atoms with Gasteiger partial charge in [0.05, 0.1) is 11.5 Å². The Hall–Kier alpha value is -1.82. The monoisotopic (exact) mass is 239 g/mol. The molecular formula is C11H17N3O3. The summed E-state index contributed by atoms with van der Waals surface area (Å²) in [7, 11) is 0. The molecule has 1 aromatic carbocycles. The third-order valence-electron chi connectivity index (χ3n) is 2.34. The second kappa shape index (κ2) is 6.70. The zero-order chi connectivity index (χ0) is 12.7. The number of nitro benzene ring substituents is 1. The summed E-state index contributed by atoms with van der Waals surface area (Å²) in [6, 6.07) is 4.78. The summed E-state index contributed by atoms with van der Waals surface area (Å²) in [6.45, 7) is 2.56. The van der Waals surface area contributed by atoms with E-state index in [0.717, 1.165) is 19.3 Å². The van der Waals surface area contributed by atoms with Crippen molar-refractivity contribution in [1.82, 2.24) is 0 Å². The number of rotatable bonds is 7. The Balaban J connectivity index is 2.79. The molecule has 6 nitrogen and oxygen atoms in total. The Morgan fingerprint density at radius 2 is 2.24 bits per heavy atom. The molecule has 3 N–H and O–H groups in total. The van der Waals surface area contributed by atoms with E-state index >= 15 is 0 Å². The number of nitrogens with zero attached hydrogens (tertiary/aromatic N) is 1. The van der Waals surface area contributed by atoms with E-state index < -0.39 is 4.92 Å². The molecule has 0 spiro atoms. The third-order valence-corrected chi connectivity index (χ3v) is 2.34. The van der Waals surface area contributed by atoms with Crippen LogP contribution >= 0.6 is 0 Å². The van der Waals surface area contributed by atoms with Gasteiger partial charge in [-0.05, 0) is 18.6 Å². The van der Waals surface area contributed by atoms with Crippen molar-refractivity contribution in [3.8, 4) is 5.75 Å². The highest BCUT2D eigenvalue weighted by molar-refractivity contribution is 5.67. The molecule has 0 amide bonds. The van der Waals surface area contributed by atoms with Crippen molar-refractivity contribution in [3.05, 3.63) is 28.3 Å². The maximum Gasteiger partial charge on any atom is 0.335 e. The normalized spacial score (nSPS) is 10.0. The minimum absolute atomic E-state index is 0.119. The van der Waals surface area contributed by atoms with Crippen LogP contribution < -0.4 is 16.0 Å². The Bertz CT molecular complexity index is 382. The van der Waals surface area contributed by atoms with Crippen LogP contribution in [0.5, 0.6) is 5.75 Å². The summed E-state index contributed by atoms with van der Waals surface area (Å²) < 4.78 is 5.41. The Kier molecular flexibility index (Phi) is 5.22. The maximum atomic E-state index is 10.9. The standard InChI is InChI=1S/C11H17N3O3/c1-2-3-4-8-17-10-7-5-6-9(13-12)11(10)14(15)16/h5-7,13H,2-4,8,12H2,1H3. The summed E-state index contributed by atoms with van der Waals surface area (Å²) in [5, 5.41) is 10.9. The number of nitrogen functional groups attached to an aromatic ring is 1. The maximum absolute atomic E-state index is 10.9. The fourth-order valence-corrected chi connectivity index (χ4v) is 1.48. The molecule has 0 aliphatic rings. The van der Waals surface area contributed by atoms with Crippen molar-refractivity contribution < 1.29 is 9.66 Å². The smallest absolute Gasteiger partial charge is 0.335 e. The molecule has 0 unspecified atom stereocenters. The molecule has 1 aromatic rings. The van der Waals surface area contributed by atoms with Gasteiger partial charge in [0.25, 0.3) is 0 Å². The highest BCUT2D eigenvalue weighted by Crippen LogP contribution is 2.34. The second-order valence-electron chi connectivity index (χ2n) is 3.61. The average molecular weight is 239 g/mol. The van der Waals surface area contributed by atoms with E-state index in [1.807, 2.05) is 0 Å². The number of nitrogens with two attached hydrogens (primary N) is 1. The van der Waals surface area contributed by atoms with E-state index in [0.29, 0.717) is 6.61 Å². The molecule has 0 atom stereocenters. The number of hydrogen-bond acceptors (Lipinski definition) is 5. The Morgan fingerprint density at radius 1 is 1.47 bits per heavy atom. The number of ether oxygens (including phenoxy) is 1. The molecule has 0 aromatic heterocycles. The van der Waals surface area contributed by atoms with E-state index in [-0.39, 0.29) is 17.1 Å². The van der Waals surface area contributed by atoms with Crippen LogP contribution in [-0.4, -0.2) is 11.5 Å². The molecule has 0 aliphatic carbocycles. The van der Waals surface area contributed by atoms with Crippen LogP contribution in [0.15, 0.2) is 18.2 Å². The molecule has 6 heteroatoms. The van der Waals surface area contributed by atoms with Crippen LogP contribution in [0.1, 0.15) is 26.2 Å². The molecule has 0 fully saturated rings. The number of para-hydroxylation sites is 1. The molecule has 94 valence electrons. The van der Waals surface area contributed by atoms with E-state index in [2.05, 4.69) is 12.3 Å². The number of hydrogen-bond donors (Lipinski definition) is 2. The van der Waals surface area contributed by atoms with Gasteiger partial charge < -0.3 is 10.2 Å². The topological polar surface area (TPSA) is 90.4 Å². The first kappa shape index (κ1) is 13.2. The highest BCUT2D eigenvalue weighted by Gasteiger charge is 2.20. The van der Waals surface area contributed by atoms with E-state index in [4.69, 9.17) is 10.6 Å². The molecule has 0 aliphatic heterocycles. The summed E-state index contributed by atoms with van der Waals surface area (Å²) in [5.41, 5.74) is 2.43. The number of anilines is 1. The van der Waals surface area contributed by atoms with Crippen molar-refractivity contribution in [3.63, 3.8) is 0 Å². The van der Waals surface area contributed by atoms with Gasteiger partial charge in [0, 0.05) is 0 Å². The summed E-state index contributed by atoms with van der Waals surface area (Å²) in [5.74, 6) is 5.48. The van der Waals surface area contributed by atoms with Crippen molar-refractivity contribution in [2.75, 3.05) is 12.0 Å². The van der Waals surface area contributed by atoms with Gasteiger partial charge >= 0.3 is 5.69 Å². The van der Waals surface area contributed by atoms with Crippen LogP contribution in [0.3, 0.4) is 0 Å². The van der Waals surface area contributed by atoms with E-state index in [1.54, 1.807) is 12.1 Å². The zero-order valence-electron chi connectivity index (χ0n) is 9.81. The lowest BCUT2D eigenvalue weighted by Crippen LogP contribution is -2.10. The van der Waals surface area contributed by atoms with Crippen LogP contribution in [0.4, 0.5) is 11.4 Å². The van der Waals surface area contributed by atoms with Gasteiger partial charge in [-0.15, -0.1) is 0 Å².